The Bertz CT molecular complexity index is 482. The molecule has 0 aliphatic heterocycles. The van der Waals surface area contributed by atoms with Gasteiger partial charge in [0, 0.05) is 29.2 Å². The van der Waals surface area contributed by atoms with E-state index in [0.29, 0.717) is 12.6 Å². The second-order valence-corrected chi connectivity index (χ2v) is 5.20. The molecule has 0 bridgehead atoms. The molecule has 0 radical (unpaired) electrons. The van der Waals surface area contributed by atoms with Gasteiger partial charge in [-0.15, -0.1) is 11.3 Å². The lowest BCUT2D eigenvalue weighted by atomic mass is 10.1. The van der Waals surface area contributed by atoms with Crippen molar-refractivity contribution in [3.05, 3.63) is 28.2 Å². The molecule has 86 valence electrons. The number of nitrogens with zero attached hydrogens (tertiary/aromatic N) is 2. The summed E-state index contributed by atoms with van der Waals surface area (Å²) in [5, 5.41) is 6.66. The first-order valence-corrected chi connectivity index (χ1v) is 6.33. The third-order valence-corrected chi connectivity index (χ3v) is 3.57. The topological polar surface area (TPSA) is 43.8 Å². The van der Waals surface area contributed by atoms with E-state index in [9.17, 15) is 0 Å². The fourth-order valence-corrected chi connectivity index (χ4v) is 2.42. The van der Waals surface area contributed by atoms with E-state index in [4.69, 9.17) is 5.73 Å². The zero-order valence-electron chi connectivity index (χ0n) is 9.90. The van der Waals surface area contributed by atoms with Crippen LogP contribution in [0.25, 0.3) is 11.1 Å². The molecule has 0 amide bonds. The van der Waals surface area contributed by atoms with Gasteiger partial charge >= 0.3 is 0 Å². The summed E-state index contributed by atoms with van der Waals surface area (Å²) in [6.07, 6.45) is 2.11. The number of thiophene rings is 1. The van der Waals surface area contributed by atoms with Gasteiger partial charge in [-0.3, -0.25) is 4.68 Å². The molecule has 2 heterocycles. The molecule has 2 rings (SSSR count). The molecule has 2 aromatic heterocycles. The second kappa shape index (κ2) is 4.39. The summed E-state index contributed by atoms with van der Waals surface area (Å²) < 4.78 is 2.00. The molecule has 3 nitrogen and oxygen atoms in total. The van der Waals surface area contributed by atoms with Crippen molar-refractivity contribution in [2.75, 3.05) is 0 Å². The van der Waals surface area contributed by atoms with Gasteiger partial charge in [-0.05, 0) is 37.8 Å². The Morgan fingerprint density at radius 1 is 1.50 bits per heavy atom. The van der Waals surface area contributed by atoms with Crippen molar-refractivity contribution >= 4 is 11.3 Å². The molecule has 0 spiro atoms. The Morgan fingerprint density at radius 3 is 2.75 bits per heavy atom. The van der Waals surface area contributed by atoms with E-state index >= 15 is 0 Å². The highest BCUT2D eigenvalue weighted by molar-refractivity contribution is 7.10. The summed E-state index contributed by atoms with van der Waals surface area (Å²) in [7, 11) is 0. The van der Waals surface area contributed by atoms with E-state index in [1.807, 2.05) is 11.6 Å². The van der Waals surface area contributed by atoms with Crippen LogP contribution in [0.4, 0.5) is 0 Å². The molecule has 16 heavy (non-hydrogen) atoms. The quantitative estimate of drug-likeness (QED) is 0.889. The van der Waals surface area contributed by atoms with Gasteiger partial charge in [-0.2, -0.15) is 5.10 Å². The van der Waals surface area contributed by atoms with Crippen LogP contribution in [0.5, 0.6) is 0 Å². The molecule has 0 aliphatic rings. The molecule has 4 heteroatoms. The van der Waals surface area contributed by atoms with Gasteiger partial charge in [0.05, 0.1) is 5.69 Å². The Morgan fingerprint density at radius 2 is 2.25 bits per heavy atom. The maximum atomic E-state index is 5.62. The molecule has 0 saturated heterocycles. The molecule has 0 aromatic carbocycles. The number of aryl methyl sites for hydroxylation is 1. The van der Waals surface area contributed by atoms with Crippen molar-refractivity contribution in [3.63, 3.8) is 0 Å². The fourth-order valence-electron chi connectivity index (χ4n) is 1.66. The second-order valence-electron chi connectivity index (χ2n) is 4.21. The van der Waals surface area contributed by atoms with Gasteiger partial charge in [-0.25, -0.2) is 0 Å². The van der Waals surface area contributed by atoms with Crippen LogP contribution >= 0.6 is 11.3 Å². The van der Waals surface area contributed by atoms with Crippen LogP contribution in [-0.4, -0.2) is 9.78 Å². The van der Waals surface area contributed by atoms with E-state index in [1.54, 1.807) is 11.3 Å². The van der Waals surface area contributed by atoms with Crippen LogP contribution in [0.1, 0.15) is 30.5 Å². The van der Waals surface area contributed by atoms with Crippen molar-refractivity contribution in [1.82, 2.24) is 9.78 Å². The molecule has 0 fully saturated rings. The van der Waals surface area contributed by atoms with Crippen LogP contribution in [0.3, 0.4) is 0 Å². The maximum absolute atomic E-state index is 5.62. The summed E-state index contributed by atoms with van der Waals surface area (Å²) >= 11 is 1.71. The van der Waals surface area contributed by atoms with Crippen molar-refractivity contribution < 1.29 is 0 Å². The van der Waals surface area contributed by atoms with Gasteiger partial charge in [0.2, 0.25) is 0 Å². The normalized spacial score (nSPS) is 11.3. The smallest absolute Gasteiger partial charge is 0.0672 e. The summed E-state index contributed by atoms with van der Waals surface area (Å²) in [5.41, 5.74) is 9.15. The van der Waals surface area contributed by atoms with Crippen LogP contribution < -0.4 is 5.73 Å². The van der Waals surface area contributed by atoms with E-state index in [-0.39, 0.29) is 0 Å². The van der Waals surface area contributed by atoms with Crippen molar-refractivity contribution in [1.29, 1.82) is 0 Å². The predicted octanol–water partition coefficient (Wildman–Crippen LogP) is 2.96. The number of nitrogens with two attached hydrogens (primary N) is 1. The number of rotatable bonds is 3. The maximum Gasteiger partial charge on any atom is 0.0672 e. The monoisotopic (exact) mass is 235 g/mol. The Balaban J connectivity index is 2.39. The highest BCUT2D eigenvalue weighted by atomic mass is 32.1. The summed E-state index contributed by atoms with van der Waals surface area (Å²) in [5.74, 6) is 0. The lowest BCUT2D eigenvalue weighted by Crippen LogP contribution is -2.00. The average molecular weight is 235 g/mol. The minimum Gasteiger partial charge on any atom is -0.326 e. The number of hydrogen-bond acceptors (Lipinski definition) is 3. The van der Waals surface area contributed by atoms with E-state index in [1.165, 1.54) is 16.0 Å². The van der Waals surface area contributed by atoms with Crippen LogP contribution in [-0.2, 0) is 6.54 Å². The van der Waals surface area contributed by atoms with E-state index in [0.717, 1.165) is 5.69 Å². The van der Waals surface area contributed by atoms with E-state index < -0.39 is 0 Å². The minimum atomic E-state index is 0.403. The van der Waals surface area contributed by atoms with Crippen molar-refractivity contribution in [2.24, 2.45) is 5.73 Å². The first kappa shape index (κ1) is 11.4. The molecule has 0 atom stereocenters. The molecule has 0 unspecified atom stereocenters. The number of aromatic nitrogens is 2. The van der Waals surface area contributed by atoms with Gasteiger partial charge in [-0.1, -0.05) is 0 Å². The molecule has 2 N–H and O–H groups in total. The summed E-state index contributed by atoms with van der Waals surface area (Å²) in [4.78, 5) is 1.21. The third kappa shape index (κ3) is 2.03. The van der Waals surface area contributed by atoms with Gasteiger partial charge in [0.25, 0.3) is 0 Å². The standard InChI is InChI=1S/C12H17N3S/c1-8(2)15-6-12(9(3)14-15)10-4-11(5-13)16-7-10/h4,6-8H,5,13H2,1-3H3. The van der Waals surface area contributed by atoms with Crippen molar-refractivity contribution in [2.45, 2.75) is 33.4 Å². The first-order chi connectivity index (χ1) is 7.61. The van der Waals surface area contributed by atoms with Gasteiger partial charge in [0.1, 0.15) is 0 Å². The first-order valence-electron chi connectivity index (χ1n) is 5.45. The molecule has 0 saturated carbocycles. The summed E-state index contributed by atoms with van der Waals surface area (Å²) in [6.45, 7) is 6.93. The molecular weight excluding hydrogens is 218 g/mol. The molecule has 0 aliphatic carbocycles. The minimum absolute atomic E-state index is 0.403. The Kier molecular flexibility index (Phi) is 3.12. The largest absolute Gasteiger partial charge is 0.326 e. The van der Waals surface area contributed by atoms with E-state index in [2.05, 4.69) is 36.6 Å². The summed E-state index contributed by atoms with van der Waals surface area (Å²) in [6, 6.07) is 2.55. The highest BCUT2D eigenvalue weighted by Gasteiger charge is 2.10. The molecule has 2 aromatic rings. The van der Waals surface area contributed by atoms with Crippen LogP contribution in [0.2, 0.25) is 0 Å². The van der Waals surface area contributed by atoms with Gasteiger partial charge in [0.15, 0.2) is 0 Å². The third-order valence-electron chi connectivity index (χ3n) is 2.61. The zero-order valence-corrected chi connectivity index (χ0v) is 10.7. The lowest BCUT2D eigenvalue weighted by molar-refractivity contribution is 0.529. The Hall–Kier alpha value is -1.13. The lowest BCUT2D eigenvalue weighted by Gasteiger charge is -2.02. The fraction of sp³-hybridized carbons (Fsp3) is 0.417. The Labute approximate surface area is 99.9 Å². The predicted molar refractivity (Wildman–Crippen MR) is 68.6 cm³/mol. The molecular formula is C12H17N3S. The SMILES string of the molecule is Cc1nn(C(C)C)cc1-c1csc(CN)c1. The van der Waals surface area contributed by atoms with Crippen LogP contribution in [0.15, 0.2) is 17.6 Å². The average Bonchev–Trinajstić information content (AvgIpc) is 2.83. The van der Waals surface area contributed by atoms with Crippen LogP contribution in [0, 0.1) is 6.92 Å². The van der Waals surface area contributed by atoms with Crippen molar-refractivity contribution in [3.8, 4) is 11.1 Å². The number of hydrogen-bond donors (Lipinski definition) is 1. The zero-order chi connectivity index (χ0) is 11.7. The highest BCUT2D eigenvalue weighted by Crippen LogP contribution is 2.28. The van der Waals surface area contributed by atoms with Gasteiger partial charge < -0.3 is 5.73 Å².